The molecule has 0 fully saturated rings. The summed E-state index contributed by atoms with van der Waals surface area (Å²) in [7, 11) is -2.77. The Hall–Kier alpha value is -3.13. The zero-order valence-electron chi connectivity index (χ0n) is 17.6. The van der Waals surface area contributed by atoms with Crippen molar-refractivity contribution < 1.29 is 28.2 Å². The summed E-state index contributed by atoms with van der Waals surface area (Å²) in [5, 5.41) is 23.6. The van der Waals surface area contributed by atoms with Gasteiger partial charge in [0.2, 0.25) is 16.9 Å². The molecule has 2 heterocycles. The average Bonchev–Trinajstić information content (AvgIpc) is 3.24. The lowest BCUT2D eigenvalue weighted by Crippen LogP contribution is -2.69. The number of carbonyl (C=O) groups excluding carboxylic acids is 1. The number of anilines is 3. The van der Waals surface area contributed by atoms with Crippen molar-refractivity contribution in [3.05, 3.63) is 47.0 Å². The van der Waals surface area contributed by atoms with Gasteiger partial charge in [-0.1, -0.05) is 22.9 Å². The first-order valence-electron chi connectivity index (χ1n) is 9.84. The fourth-order valence-corrected chi connectivity index (χ4v) is 6.81. The van der Waals surface area contributed by atoms with Gasteiger partial charge in [0.25, 0.3) is 0 Å². The quantitative estimate of drug-likeness (QED) is 0.290. The molecule has 0 radical (unpaired) electrons. The Morgan fingerprint density at radius 1 is 1.32 bits per heavy atom. The van der Waals surface area contributed by atoms with E-state index in [1.165, 1.54) is 41.5 Å². The maximum atomic E-state index is 13.1. The van der Waals surface area contributed by atoms with Gasteiger partial charge in [0.15, 0.2) is 15.0 Å². The van der Waals surface area contributed by atoms with E-state index >= 15 is 0 Å². The molecule has 14 heteroatoms. The number of carbonyl (C=O) groups is 2. The Bertz CT molecular complexity index is 1410. The van der Waals surface area contributed by atoms with E-state index in [1.54, 1.807) is 18.2 Å². The highest BCUT2D eigenvalue weighted by atomic mass is 35.5. The van der Waals surface area contributed by atoms with Crippen LogP contribution in [-0.4, -0.2) is 65.9 Å². The molecule has 0 spiro atoms. The van der Waals surface area contributed by atoms with E-state index in [9.17, 15) is 28.2 Å². The molecule has 1 aliphatic heterocycles. The van der Waals surface area contributed by atoms with Crippen LogP contribution in [0.1, 0.15) is 10.4 Å². The number of thiazole rings is 1. The summed E-state index contributed by atoms with van der Waals surface area (Å²) in [6, 6.07) is 9.22. The van der Waals surface area contributed by atoms with Gasteiger partial charge in [0.1, 0.15) is 0 Å². The molecule has 0 bridgehead atoms. The molecule has 0 saturated carbocycles. The van der Waals surface area contributed by atoms with E-state index in [2.05, 4.69) is 15.6 Å². The smallest absolute Gasteiger partial charge is 0.335 e. The number of rotatable bonds is 8. The normalized spacial score (nSPS) is 18.4. The fraction of sp³-hybridized carbons (Fsp3) is 0.250. The Labute approximate surface area is 203 Å². The number of aromatic nitrogens is 1. The molecule has 2 aromatic carbocycles. The van der Waals surface area contributed by atoms with E-state index in [0.29, 0.717) is 20.9 Å². The molecule has 11 nitrogen and oxygen atoms in total. The molecule has 180 valence electrons. The molecule has 1 aliphatic rings. The summed E-state index contributed by atoms with van der Waals surface area (Å²) in [5.41, 5.74) is 6.85. The highest BCUT2D eigenvalue weighted by Crippen LogP contribution is 2.44. The van der Waals surface area contributed by atoms with Crippen LogP contribution in [-0.2, 0) is 14.6 Å². The van der Waals surface area contributed by atoms with Crippen molar-refractivity contribution in [3.8, 4) is 0 Å². The largest absolute Gasteiger partial charge is 0.478 e. The van der Waals surface area contributed by atoms with E-state index in [1.807, 2.05) is 0 Å². The van der Waals surface area contributed by atoms with Crippen molar-refractivity contribution in [3.63, 3.8) is 0 Å². The topological polar surface area (TPSA) is 175 Å². The molecule has 0 saturated heterocycles. The van der Waals surface area contributed by atoms with Crippen LogP contribution < -0.4 is 21.3 Å². The number of sulfone groups is 1. The number of amides is 1. The Morgan fingerprint density at radius 2 is 2.06 bits per heavy atom. The van der Waals surface area contributed by atoms with Gasteiger partial charge in [-0.05, 0) is 36.4 Å². The number of nitrogens with one attached hydrogen (secondary N) is 2. The van der Waals surface area contributed by atoms with Crippen molar-refractivity contribution in [1.29, 1.82) is 0 Å². The molecule has 1 amide bonds. The third kappa shape index (κ3) is 4.00. The lowest BCUT2D eigenvalue weighted by atomic mass is 10.2. The van der Waals surface area contributed by atoms with E-state index in [4.69, 9.17) is 17.3 Å². The van der Waals surface area contributed by atoms with Crippen molar-refractivity contribution in [1.82, 2.24) is 4.98 Å². The fourth-order valence-electron chi connectivity index (χ4n) is 3.97. The molecule has 1 aromatic heterocycles. The zero-order chi connectivity index (χ0) is 24.8. The third-order valence-corrected chi connectivity index (χ3v) is 8.69. The first-order chi connectivity index (χ1) is 16.0. The Morgan fingerprint density at radius 3 is 2.71 bits per heavy atom. The van der Waals surface area contributed by atoms with E-state index in [-0.39, 0.29) is 16.4 Å². The minimum Gasteiger partial charge on any atom is -0.478 e. The van der Waals surface area contributed by atoms with Gasteiger partial charge in [0, 0.05) is 12.1 Å². The van der Waals surface area contributed by atoms with Gasteiger partial charge in [-0.2, -0.15) is 0 Å². The summed E-state index contributed by atoms with van der Waals surface area (Å²) in [6.45, 7) is -0.721. The number of nitrogens with two attached hydrogens (primary N) is 1. The SMILES string of the molecule is CN1c2ccc(C(=O)O)cc2NC1(Nc1nc2ccc(Cl)cc2s1)C(C(N)=O)S(=O)(=O)CCO. The molecule has 2 atom stereocenters. The number of aliphatic hydroxyl groups is 1. The van der Waals surface area contributed by atoms with Crippen LogP contribution in [0.3, 0.4) is 0 Å². The number of nitrogens with zero attached hydrogens (tertiary/aromatic N) is 2. The zero-order valence-corrected chi connectivity index (χ0v) is 20.0. The second-order valence-corrected chi connectivity index (χ2v) is 11.3. The highest BCUT2D eigenvalue weighted by molar-refractivity contribution is 7.92. The third-order valence-electron chi connectivity index (χ3n) is 5.48. The number of carboxylic acid groups (broad SMARTS) is 1. The van der Waals surface area contributed by atoms with Crippen LogP contribution in [0.4, 0.5) is 16.5 Å². The molecule has 4 rings (SSSR count). The number of aromatic carboxylic acids is 1. The lowest BCUT2D eigenvalue weighted by molar-refractivity contribution is -0.118. The number of fused-ring (bicyclic) bond motifs is 2. The summed E-state index contributed by atoms with van der Waals surface area (Å²) in [6.07, 6.45) is 0. The molecule has 0 aliphatic carbocycles. The second-order valence-electron chi connectivity index (χ2n) is 7.62. The summed E-state index contributed by atoms with van der Waals surface area (Å²) in [5.74, 6) is -4.95. The van der Waals surface area contributed by atoms with Crippen LogP contribution in [0.2, 0.25) is 5.02 Å². The van der Waals surface area contributed by atoms with Crippen molar-refractivity contribution in [2.24, 2.45) is 5.73 Å². The second kappa shape index (κ2) is 8.58. The Kier molecular flexibility index (Phi) is 6.06. The first-order valence-corrected chi connectivity index (χ1v) is 12.7. The van der Waals surface area contributed by atoms with Crippen molar-refractivity contribution in [2.45, 2.75) is 11.0 Å². The highest BCUT2D eigenvalue weighted by Gasteiger charge is 2.57. The molecular weight excluding hydrogens is 506 g/mol. The van der Waals surface area contributed by atoms with Gasteiger partial charge in [0.05, 0.1) is 39.5 Å². The van der Waals surface area contributed by atoms with Crippen molar-refractivity contribution >= 4 is 71.4 Å². The average molecular weight is 526 g/mol. The first kappa shape index (κ1) is 24.0. The summed E-state index contributed by atoms with van der Waals surface area (Å²) < 4.78 is 27.0. The monoisotopic (exact) mass is 525 g/mol. The number of carboxylic acids is 1. The predicted octanol–water partition coefficient (Wildman–Crippen LogP) is 1.54. The minimum atomic E-state index is -4.30. The number of primary amides is 1. The van der Waals surface area contributed by atoms with Gasteiger partial charge in [-0.3, -0.25) is 4.79 Å². The molecule has 6 N–H and O–H groups in total. The maximum absolute atomic E-state index is 13.1. The summed E-state index contributed by atoms with van der Waals surface area (Å²) in [4.78, 5) is 30.0. The number of aliphatic hydroxyl groups excluding tert-OH is 1. The molecule has 2 unspecified atom stereocenters. The number of hydrogen-bond donors (Lipinski definition) is 5. The number of benzene rings is 2. The molecular formula is C20H20ClN5O6S2. The van der Waals surface area contributed by atoms with Gasteiger partial charge < -0.3 is 31.5 Å². The van der Waals surface area contributed by atoms with Gasteiger partial charge in [-0.25, -0.2) is 18.2 Å². The van der Waals surface area contributed by atoms with E-state index < -0.39 is 45.1 Å². The summed E-state index contributed by atoms with van der Waals surface area (Å²) >= 11 is 7.24. The number of halogens is 1. The van der Waals surface area contributed by atoms with E-state index in [0.717, 1.165) is 0 Å². The minimum absolute atomic E-state index is 0.0427. The molecule has 3 aromatic rings. The van der Waals surface area contributed by atoms with Gasteiger partial charge in [-0.15, -0.1) is 0 Å². The standard InChI is InChI=1S/C20H20ClN5O6S2/c1-26-14-5-2-10(18(29)30)8-13(14)24-20(26,16(17(22)28)34(31,32)7-6-27)25-19-23-12-4-3-11(21)9-15(12)33-19/h2-5,8-9,16,24,27H,6-7H2,1H3,(H2,22,28)(H,23,25)(H,29,30). The maximum Gasteiger partial charge on any atom is 0.335 e. The van der Waals surface area contributed by atoms with Crippen LogP contribution in [0, 0.1) is 0 Å². The van der Waals surface area contributed by atoms with Crippen LogP contribution in [0.25, 0.3) is 10.2 Å². The molecule has 34 heavy (non-hydrogen) atoms. The number of hydrogen-bond acceptors (Lipinski definition) is 10. The van der Waals surface area contributed by atoms with Crippen molar-refractivity contribution in [2.75, 3.05) is 34.9 Å². The Balaban J connectivity index is 1.90. The van der Waals surface area contributed by atoms with Crippen LogP contribution in [0.5, 0.6) is 0 Å². The lowest BCUT2D eigenvalue weighted by Gasteiger charge is -2.42. The van der Waals surface area contributed by atoms with Crippen LogP contribution >= 0.6 is 22.9 Å². The predicted molar refractivity (Wildman–Crippen MR) is 130 cm³/mol. The van der Waals surface area contributed by atoms with Crippen LogP contribution in [0.15, 0.2) is 36.4 Å². The van der Waals surface area contributed by atoms with Gasteiger partial charge >= 0.3 is 5.97 Å².